The van der Waals surface area contributed by atoms with E-state index in [0.717, 1.165) is 24.2 Å². The van der Waals surface area contributed by atoms with Crippen molar-refractivity contribution in [2.45, 2.75) is 51.6 Å². The van der Waals surface area contributed by atoms with Crippen LogP contribution in [-0.4, -0.2) is 34.8 Å². The molecule has 1 aliphatic carbocycles. The molecule has 0 unspecified atom stereocenters. The van der Waals surface area contributed by atoms with Crippen LogP contribution in [-0.2, 0) is 16.1 Å². The largest absolute Gasteiger partial charge is 0.350 e. The summed E-state index contributed by atoms with van der Waals surface area (Å²) in [6, 6.07) is 4.22. The second kappa shape index (κ2) is 7.05. The summed E-state index contributed by atoms with van der Waals surface area (Å²) < 4.78 is 13.6. The first kappa shape index (κ1) is 18.4. The van der Waals surface area contributed by atoms with E-state index in [4.69, 9.17) is 0 Å². The van der Waals surface area contributed by atoms with Crippen molar-refractivity contribution in [1.29, 1.82) is 0 Å². The first-order chi connectivity index (χ1) is 12.3. The molecule has 1 saturated carbocycles. The van der Waals surface area contributed by atoms with Gasteiger partial charge < -0.3 is 10.6 Å². The molecule has 26 heavy (non-hydrogen) atoms. The van der Waals surface area contributed by atoms with E-state index in [1.165, 1.54) is 6.07 Å². The van der Waals surface area contributed by atoms with Crippen molar-refractivity contribution in [3.8, 4) is 0 Å². The minimum atomic E-state index is -0.865. The molecule has 0 bridgehead atoms. The highest BCUT2D eigenvalue weighted by molar-refractivity contribution is 6.09. The lowest BCUT2D eigenvalue weighted by Gasteiger charge is -2.36. The molecule has 2 atom stereocenters. The first-order valence-corrected chi connectivity index (χ1v) is 8.99. The van der Waals surface area contributed by atoms with Gasteiger partial charge in [0.1, 0.15) is 17.9 Å². The maximum absolute atomic E-state index is 13.6. The molecule has 6 nitrogen and oxygen atoms in total. The lowest BCUT2D eigenvalue weighted by molar-refractivity contribution is -0.137. The zero-order valence-electron chi connectivity index (χ0n) is 15.1. The van der Waals surface area contributed by atoms with Crippen molar-refractivity contribution < 1.29 is 18.8 Å². The second-order valence-electron chi connectivity index (χ2n) is 7.30. The number of carbonyl (C=O) groups is 3. The third-order valence-electron chi connectivity index (χ3n) is 5.53. The van der Waals surface area contributed by atoms with Crippen LogP contribution in [0.5, 0.6) is 0 Å². The fourth-order valence-electron chi connectivity index (χ4n) is 3.79. The standard InChI is InChI=1S/C19H24FN3O3/c1-12-6-7-14(9-15(12)20)10-21-16(24)11-23-17(25)19(22-18(23)26)8-4-3-5-13(19)2/h6-7,9,13H,3-5,8,10-11H2,1-2H3,(H,21,24)(H,22,26)/t13-,19+/m1/s1. The summed E-state index contributed by atoms with van der Waals surface area (Å²) in [5.41, 5.74) is 0.290. The van der Waals surface area contributed by atoms with E-state index in [1.807, 2.05) is 6.92 Å². The summed E-state index contributed by atoms with van der Waals surface area (Å²) in [4.78, 5) is 38.3. The number of aryl methyl sites for hydroxylation is 1. The number of hydrogen-bond acceptors (Lipinski definition) is 3. The second-order valence-corrected chi connectivity index (χ2v) is 7.30. The van der Waals surface area contributed by atoms with Crippen molar-refractivity contribution in [2.75, 3.05) is 6.54 Å². The smallest absolute Gasteiger partial charge is 0.325 e. The predicted molar refractivity (Wildman–Crippen MR) is 93.6 cm³/mol. The van der Waals surface area contributed by atoms with E-state index in [9.17, 15) is 18.8 Å². The summed E-state index contributed by atoms with van der Waals surface area (Å²) in [5.74, 6) is -1.04. The highest BCUT2D eigenvalue weighted by atomic mass is 19.1. The van der Waals surface area contributed by atoms with E-state index in [2.05, 4.69) is 10.6 Å². The SMILES string of the molecule is Cc1ccc(CNC(=O)CN2C(=O)N[C@]3(CCCC[C@H]3C)C2=O)cc1F. The van der Waals surface area contributed by atoms with Gasteiger partial charge in [-0.1, -0.05) is 31.9 Å². The van der Waals surface area contributed by atoms with Crippen LogP contribution in [0, 0.1) is 18.7 Å². The molecule has 1 aromatic carbocycles. The number of imide groups is 1. The molecule has 2 aliphatic rings. The molecule has 0 aromatic heterocycles. The van der Waals surface area contributed by atoms with Gasteiger partial charge in [0.2, 0.25) is 5.91 Å². The van der Waals surface area contributed by atoms with Gasteiger partial charge in [0, 0.05) is 6.54 Å². The minimum Gasteiger partial charge on any atom is -0.350 e. The molecular weight excluding hydrogens is 337 g/mol. The molecule has 140 valence electrons. The lowest BCUT2D eigenvalue weighted by Crippen LogP contribution is -2.54. The first-order valence-electron chi connectivity index (χ1n) is 8.99. The molecule has 1 heterocycles. The molecule has 1 saturated heterocycles. The maximum atomic E-state index is 13.6. The van der Waals surface area contributed by atoms with Crippen LogP contribution >= 0.6 is 0 Å². The van der Waals surface area contributed by atoms with Gasteiger partial charge in [0.05, 0.1) is 0 Å². The quantitative estimate of drug-likeness (QED) is 0.808. The lowest BCUT2D eigenvalue weighted by atomic mass is 9.73. The van der Waals surface area contributed by atoms with Crippen LogP contribution in [0.3, 0.4) is 0 Å². The van der Waals surface area contributed by atoms with Crippen molar-refractivity contribution in [1.82, 2.24) is 15.5 Å². The summed E-state index contributed by atoms with van der Waals surface area (Å²) in [6.45, 7) is 3.44. The predicted octanol–water partition coefficient (Wildman–Crippen LogP) is 2.25. The highest BCUT2D eigenvalue weighted by Gasteiger charge is 2.55. The Hall–Kier alpha value is -2.44. The number of nitrogens with zero attached hydrogens (tertiary/aromatic N) is 1. The van der Waals surface area contributed by atoms with E-state index in [-0.39, 0.29) is 30.7 Å². The minimum absolute atomic E-state index is 0.0521. The van der Waals surface area contributed by atoms with E-state index >= 15 is 0 Å². The summed E-state index contributed by atoms with van der Waals surface area (Å²) in [7, 11) is 0. The summed E-state index contributed by atoms with van der Waals surface area (Å²) in [6.07, 6.45) is 3.42. The molecule has 4 amide bonds. The Labute approximate surface area is 152 Å². The maximum Gasteiger partial charge on any atom is 0.325 e. The molecule has 2 N–H and O–H groups in total. The van der Waals surface area contributed by atoms with Crippen LogP contribution in [0.1, 0.15) is 43.7 Å². The van der Waals surface area contributed by atoms with Gasteiger partial charge in [0.25, 0.3) is 5.91 Å². The fraction of sp³-hybridized carbons (Fsp3) is 0.526. The Kier molecular flexibility index (Phi) is 4.98. The number of rotatable bonds is 4. The third-order valence-corrected chi connectivity index (χ3v) is 5.53. The van der Waals surface area contributed by atoms with Crippen molar-refractivity contribution in [3.05, 3.63) is 35.1 Å². The number of nitrogens with one attached hydrogen (secondary N) is 2. The average molecular weight is 361 g/mol. The third kappa shape index (κ3) is 3.30. The number of amides is 4. The van der Waals surface area contributed by atoms with Gasteiger partial charge in [-0.15, -0.1) is 0 Å². The van der Waals surface area contributed by atoms with Gasteiger partial charge in [-0.25, -0.2) is 9.18 Å². The van der Waals surface area contributed by atoms with E-state index < -0.39 is 17.5 Å². The van der Waals surface area contributed by atoms with Crippen LogP contribution in [0.15, 0.2) is 18.2 Å². The van der Waals surface area contributed by atoms with Crippen molar-refractivity contribution >= 4 is 17.8 Å². The monoisotopic (exact) mass is 361 g/mol. The number of hydrogen-bond donors (Lipinski definition) is 2. The van der Waals surface area contributed by atoms with Crippen LogP contribution in [0.4, 0.5) is 9.18 Å². The molecule has 7 heteroatoms. The van der Waals surface area contributed by atoms with Gasteiger partial charge in [-0.05, 0) is 42.9 Å². The topological polar surface area (TPSA) is 78.5 Å². The zero-order valence-corrected chi connectivity index (χ0v) is 15.1. The zero-order chi connectivity index (χ0) is 18.9. The Morgan fingerprint density at radius 2 is 2.15 bits per heavy atom. The molecule has 2 fully saturated rings. The van der Waals surface area contributed by atoms with Gasteiger partial charge >= 0.3 is 6.03 Å². The fourth-order valence-corrected chi connectivity index (χ4v) is 3.79. The van der Waals surface area contributed by atoms with Crippen LogP contribution < -0.4 is 10.6 Å². The Balaban J connectivity index is 1.61. The van der Waals surface area contributed by atoms with Gasteiger partial charge in [0.15, 0.2) is 0 Å². The molecule has 3 rings (SSSR count). The summed E-state index contributed by atoms with van der Waals surface area (Å²) in [5, 5.41) is 5.46. The molecule has 1 aromatic rings. The highest BCUT2D eigenvalue weighted by Crippen LogP contribution is 2.38. The Bertz CT molecular complexity index is 752. The molecule has 1 spiro atoms. The average Bonchev–Trinajstić information content (AvgIpc) is 2.84. The number of carbonyl (C=O) groups excluding carboxylic acids is 3. The van der Waals surface area contributed by atoms with Crippen LogP contribution in [0.25, 0.3) is 0 Å². The van der Waals surface area contributed by atoms with Gasteiger partial charge in [-0.3, -0.25) is 14.5 Å². The molecule has 0 radical (unpaired) electrons. The Morgan fingerprint density at radius 1 is 1.38 bits per heavy atom. The number of benzene rings is 1. The van der Waals surface area contributed by atoms with Crippen LogP contribution in [0.2, 0.25) is 0 Å². The van der Waals surface area contributed by atoms with Gasteiger partial charge in [-0.2, -0.15) is 0 Å². The van der Waals surface area contributed by atoms with E-state index in [1.54, 1.807) is 19.1 Å². The number of halogens is 1. The van der Waals surface area contributed by atoms with E-state index in [0.29, 0.717) is 17.5 Å². The number of urea groups is 1. The Morgan fingerprint density at radius 3 is 2.85 bits per heavy atom. The molecule has 1 aliphatic heterocycles. The van der Waals surface area contributed by atoms with Crippen molar-refractivity contribution in [2.24, 2.45) is 5.92 Å². The van der Waals surface area contributed by atoms with Crippen molar-refractivity contribution in [3.63, 3.8) is 0 Å². The normalized spacial score (nSPS) is 25.5. The summed E-state index contributed by atoms with van der Waals surface area (Å²) >= 11 is 0. The molecular formula is C19H24FN3O3.